The van der Waals surface area contributed by atoms with Crippen LogP contribution in [0.1, 0.15) is 30.0 Å². The number of amides is 1. The van der Waals surface area contributed by atoms with E-state index in [9.17, 15) is 14.7 Å². The van der Waals surface area contributed by atoms with Gasteiger partial charge in [0.1, 0.15) is 0 Å². The molecule has 1 aromatic heterocycles. The number of aryl methyl sites for hydroxylation is 1. The van der Waals surface area contributed by atoms with Crippen LogP contribution in [0.2, 0.25) is 0 Å². The summed E-state index contributed by atoms with van der Waals surface area (Å²) in [6.45, 7) is 0.406. The van der Waals surface area contributed by atoms with Crippen molar-refractivity contribution in [2.24, 2.45) is 13.0 Å². The number of hydrogen-bond acceptors (Lipinski definition) is 3. The average Bonchev–Trinajstić information content (AvgIpc) is 2.96. The molecule has 3 rings (SSSR count). The highest BCUT2D eigenvalue weighted by atomic mass is 16.4. The van der Waals surface area contributed by atoms with Gasteiger partial charge in [-0.1, -0.05) is 30.3 Å². The Kier molecular flexibility index (Phi) is 4.14. The number of hydrogen-bond donors (Lipinski definition) is 1. The molecular formula is C17H19N3O3. The molecule has 1 aliphatic rings. The molecule has 0 spiro atoms. The maximum atomic E-state index is 12.5. The van der Waals surface area contributed by atoms with Gasteiger partial charge in [-0.05, 0) is 12.0 Å². The highest BCUT2D eigenvalue weighted by Gasteiger charge is 2.41. The first-order valence-corrected chi connectivity index (χ1v) is 7.61. The number of carboxylic acids is 1. The molecule has 23 heavy (non-hydrogen) atoms. The number of rotatable bonds is 4. The van der Waals surface area contributed by atoms with Gasteiger partial charge in [0.2, 0.25) is 5.91 Å². The van der Waals surface area contributed by atoms with E-state index >= 15 is 0 Å². The fourth-order valence-electron chi connectivity index (χ4n) is 3.18. The molecule has 120 valence electrons. The van der Waals surface area contributed by atoms with Crippen LogP contribution in [0.4, 0.5) is 0 Å². The fraction of sp³-hybridized carbons (Fsp3) is 0.353. The van der Waals surface area contributed by atoms with Crippen LogP contribution in [0, 0.1) is 5.92 Å². The molecule has 1 aliphatic heterocycles. The number of aromatic nitrogens is 2. The largest absolute Gasteiger partial charge is 0.481 e. The van der Waals surface area contributed by atoms with Crippen molar-refractivity contribution in [2.45, 2.75) is 25.4 Å². The van der Waals surface area contributed by atoms with Crippen molar-refractivity contribution < 1.29 is 14.7 Å². The first-order chi connectivity index (χ1) is 11.1. The van der Waals surface area contributed by atoms with E-state index in [0.29, 0.717) is 13.0 Å². The third kappa shape index (κ3) is 3.11. The summed E-state index contributed by atoms with van der Waals surface area (Å²) in [5, 5.41) is 13.7. The minimum Gasteiger partial charge on any atom is -0.481 e. The topological polar surface area (TPSA) is 75.4 Å². The Morgan fingerprint density at radius 3 is 2.70 bits per heavy atom. The molecule has 0 bridgehead atoms. The molecule has 1 N–H and O–H groups in total. The summed E-state index contributed by atoms with van der Waals surface area (Å²) in [7, 11) is 1.78. The third-order valence-electron chi connectivity index (χ3n) is 4.29. The number of carbonyl (C=O) groups is 2. The van der Waals surface area contributed by atoms with Crippen LogP contribution < -0.4 is 0 Å². The number of aliphatic carboxylic acids is 1. The van der Waals surface area contributed by atoms with Gasteiger partial charge >= 0.3 is 5.97 Å². The molecule has 1 fully saturated rings. The minimum absolute atomic E-state index is 0.0137. The van der Waals surface area contributed by atoms with Gasteiger partial charge in [0.05, 0.1) is 18.2 Å². The van der Waals surface area contributed by atoms with E-state index in [2.05, 4.69) is 5.10 Å². The number of carboxylic acid groups (broad SMARTS) is 1. The number of benzene rings is 1. The average molecular weight is 313 g/mol. The normalized spacial score (nSPS) is 21.4. The zero-order valence-corrected chi connectivity index (χ0v) is 12.9. The lowest BCUT2D eigenvalue weighted by atomic mass is 9.85. The Balaban J connectivity index is 1.97. The Bertz CT molecular complexity index is 711. The van der Waals surface area contributed by atoms with E-state index in [1.807, 2.05) is 30.3 Å². The lowest BCUT2D eigenvalue weighted by molar-refractivity contribution is -0.152. The maximum Gasteiger partial charge on any atom is 0.308 e. The van der Waals surface area contributed by atoms with Gasteiger partial charge < -0.3 is 10.0 Å². The third-order valence-corrected chi connectivity index (χ3v) is 4.29. The van der Waals surface area contributed by atoms with Crippen LogP contribution in [-0.2, 0) is 23.2 Å². The van der Waals surface area contributed by atoms with E-state index in [1.165, 1.54) is 0 Å². The van der Waals surface area contributed by atoms with E-state index in [1.54, 1.807) is 29.0 Å². The SMILES string of the molecule is Cn1cc(C2C(C(=O)O)CCC(=O)N2Cc2ccccc2)cn1. The van der Waals surface area contributed by atoms with Crippen LogP contribution >= 0.6 is 0 Å². The standard InChI is InChI=1S/C17H19N3O3/c1-19-11-13(9-18-19)16-14(17(22)23)7-8-15(21)20(16)10-12-5-3-2-4-6-12/h2-6,9,11,14,16H,7-8,10H2,1H3,(H,22,23). The van der Waals surface area contributed by atoms with Gasteiger partial charge in [-0.2, -0.15) is 5.10 Å². The van der Waals surface area contributed by atoms with Crippen molar-refractivity contribution in [3.63, 3.8) is 0 Å². The van der Waals surface area contributed by atoms with E-state index in [-0.39, 0.29) is 12.3 Å². The Morgan fingerprint density at radius 1 is 1.35 bits per heavy atom. The summed E-state index contributed by atoms with van der Waals surface area (Å²) >= 11 is 0. The molecule has 0 aliphatic carbocycles. The van der Waals surface area contributed by atoms with Crippen LogP contribution in [0.25, 0.3) is 0 Å². The second-order valence-electron chi connectivity index (χ2n) is 5.88. The number of piperidine rings is 1. The van der Waals surface area contributed by atoms with Crippen molar-refractivity contribution >= 4 is 11.9 Å². The lowest BCUT2D eigenvalue weighted by Gasteiger charge is -2.39. The van der Waals surface area contributed by atoms with Crippen LogP contribution in [0.15, 0.2) is 42.7 Å². The molecule has 0 radical (unpaired) electrons. The van der Waals surface area contributed by atoms with Crippen molar-refractivity contribution in [3.05, 3.63) is 53.9 Å². The van der Waals surface area contributed by atoms with E-state index in [0.717, 1.165) is 11.1 Å². The predicted molar refractivity (Wildman–Crippen MR) is 83.3 cm³/mol. The Labute approximate surface area is 134 Å². The fourth-order valence-corrected chi connectivity index (χ4v) is 3.18. The highest BCUT2D eigenvalue weighted by molar-refractivity contribution is 5.81. The van der Waals surface area contributed by atoms with Crippen LogP contribution in [0.3, 0.4) is 0 Å². The Hall–Kier alpha value is -2.63. The van der Waals surface area contributed by atoms with Gasteiger partial charge in [-0.3, -0.25) is 14.3 Å². The first kappa shape index (κ1) is 15.3. The van der Waals surface area contributed by atoms with Crippen molar-refractivity contribution in [1.82, 2.24) is 14.7 Å². The second kappa shape index (κ2) is 6.24. The molecule has 2 atom stereocenters. The lowest BCUT2D eigenvalue weighted by Crippen LogP contribution is -2.44. The number of nitrogens with zero attached hydrogens (tertiary/aromatic N) is 3. The second-order valence-corrected chi connectivity index (χ2v) is 5.88. The molecule has 1 amide bonds. The van der Waals surface area contributed by atoms with Crippen LogP contribution in [-0.4, -0.2) is 31.7 Å². The summed E-state index contributed by atoms with van der Waals surface area (Å²) in [6.07, 6.45) is 4.06. The molecule has 0 saturated carbocycles. The monoisotopic (exact) mass is 313 g/mol. The molecule has 1 saturated heterocycles. The Morgan fingerprint density at radius 2 is 2.09 bits per heavy atom. The molecular weight excluding hydrogens is 294 g/mol. The van der Waals surface area contributed by atoms with E-state index < -0.39 is 17.9 Å². The van der Waals surface area contributed by atoms with Crippen molar-refractivity contribution in [2.75, 3.05) is 0 Å². The van der Waals surface area contributed by atoms with E-state index in [4.69, 9.17) is 0 Å². The summed E-state index contributed by atoms with van der Waals surface area (Å²) in [5.41, 5.74) is 1.75. The van der Waals surface area contributed by atoms with Crippen molar-refractivity contribution in [1.29, 1.82) is 0 Å². The zero-order valence-electron chi connectivity index (χ0n) is 12.9. The van der Waals surface area contributed by atoms with Crippen LogP contribution in [0.5, 0.6) is 0 Å². The van der Waals surface area contributed by atoms with Gasteiger partial charge in [-0.15, -0.1) is 0 Å². The summed E-state index contributed by atoms with van der Waals surface area (Å²) in [6, 6.07) is 9.15. The van der Waals surface area contributed by atoms with Gasteiger partial charge in [0.15, 0.2) is 0 Å². The molecule has 6 nitrogen and oxygen atoms in total. The van der Waals surface area contributed by atoms with Gasteiger partial charge in [0.25, 0.3) is 0 Å². The smallest absolute Gasteiger partial charge is 0.308 e. The molecule has 2 aromatic rings. The number of likely N-dealkylation sites (tertiary alicyclic amines) is 1. The quantitative estimate of drug-likeness (QED) is 0.936. The van der Waals surface area contributed by atoms with Gasteiger partial charge in [-0.25, -0.2) is 0 Å². The van der Waals surface area contributed by atoms with Crippen molar-refractivity contribution in [3.8, 4) is 0 Å². The molecule has 2 unspecified atom stereocenters. The maximum absolute atomic E-state index is 12.5. The predicted octanol–water partition coefficient (Wildman–Crippen LogP) is 1.98. The summed E-state index contributed by atoms with van der Waals surface area (Å²) < 4.78 is 1.63. The highest BCUT2D eigenvalue weighted by Crippen LogP contribution is 2.37. The summed E-state index contributed by atoms with van der Waals surface area (Å²) in [4.78, 5) is 25.8. The summed E-state index contributed by atoms with van der Waals surface area (Å²) in [5.74, 6) is -1.50. The molecule has 6 heteroatoms. The first-order valence-electron chi connectivity index (χ1n) is 7.61. The zero-order chi connectivity index (χ0) is 16.4. The molecule has 1 aromatic carbocycles. The molecule has 2 heterocycles. The van der Waals surface area contributed by atoms with Gasteiger partial charge in [0, 0.05) is 31.8 Å². The number of carbonyl (C=O) groups excluding carboxylic acids is 1. The minimum atomic E-state index is -0.871.